The van der Waals surface area contributed by atoms with Gasteiger partial charge < -0.3 is 4.74 Å². The number of ether oxygens (including phenoxy) is 1. The van der Waals surface area contributed by atoms with E-state index in [-0.39, 0.29) is 12.0 Å². The van der Waals surface area contributed by atoms with Crippen molar-refractivity contribution in [2.24, 2.45) is 0 Å². The number of nitrogens with zero attached hydrogens (tertiary/aromatic N) is 2. The highest BCUT2D eigenvalue weighted by atomic mass is 32.1. The summed E-state index contributed by atoms with van der Waals surface area (Å²) in [4.78, 5) is 19.5. The molecular formula is C19H20N2O2S2. The number of hydrogen-bond donors (Lipinski definition) is 0. The van der Waals surface area contributed by atoms with Crippen molar-refractivity contribution in [3.05, 3.63) is 46.7 Å². The molecule has 6 heteroatoms. The van der Waals surface area contributed by atoms with Crippen LogP contribution in [0.5, 0.6) is 0 Å². The zero-order chi connectivity index (χ0) is 17.1. The van der Waals surface area contributed by atoms with Gasteiger partial charge in [0, 0.05) is 13.0 Å². The highest BCUT2D eigenvalue weighted by Crippen LogP contribution is 2.30. The van der Waals surface area contributed by atoms with Crippen molar-refractivity contribution in [3.8, 4) is 0 Å². The first-order chi connectivity index (χ1) is 12.3. The summed E-state index contributed by atoms with van der Waals surface area (Å²) in [6, 6.07) is 10.1. The predicted molar refractivity (Wildman–Crippen MR) is 104 cm³/mol. The number of fused-ring (bicyclic) bond motifs is 1. The van der Waals surface area contributed by atoms with Gasteiger partial charge in [-0.1, -0.05) is 23.5 Å². The number of para-hydroxylation sites is 1. The Morgan fingerprint density at radius 2 is 2.24 bits per heavy atom. The Labute approximate surface area is 155 Å². The summed E-state index contributed by atoms with van der Waals surface area (Å²) in [5.74, 6) is 0.126. The molecule has 0 N–H and O–H groups in total. The zero-order valence-corrected chi connectivity index (χ0v) is 15.5. The standard InChI is InChI=1S/C19H20N2O2S2/c22-18(8-7-14-9-11-24-13-14)21(12-15-4-3-10-23-15)19-20-16-5-1-2-6-17(16)25-19/h1-2,5-6,9,11,13,15H,3-4,7-8,10,12H2. The molecule has 1 aliphatic rings. The number of hydrogen-bond acceptors (Lipinski definition) is 5. The van der Waals surface area contributed by atoms with Crippen LogP contribution in [0.2, 0.25) is 0 Å². The van der Waals surface area contributed by atoms with Crippen LogP contribution in [0.1, 0.15) is 24.8 Å². The molecule has 1 fully saturated rings. The smallest absolute Gasteiger partial charge is 0.229 e. The minimum absolute atomic E-state index is 0.122. The molecule has 0 aliphatic carbocycles. The molecule has 3 aromatic rings. The number of carbonyl (C=O) groups is 1. The molecule has 0 radical (unpaired) electrons. The normalized spacial score (nSPS) is 17.2. The monoisotopic (exact) mass is 372 g/mol. The minimum Gasteiger partial charge on any atom is -0.376 e. The van der Waals surface area contributed by atoms with Gasteiger partial charge in [0.15, 0.2) is 5.13 Å². The van der Waals surface area contributed by atoms with Gasteiger partial charge in [-0.2, -0.15) is 11.3 Å². The molecular weight excluding hydrogens is 352 g/mol. The molecule has 1 aromatic carbocycles. The summed E-state index contributed by atoms with van der Waals surface area (Å²) in [7, 11) is 0. The van der Waals surface area contributed by atoms with Crippen LogP contribution in [0.15, 0.2) is 41.1 Å². The molecule has 130 valence electrons. The summed E-state index contributed by atoms with van der Waals surface area (Å²) in [6.45, 7) is 1.39. The molecule has 1 aliphatic heterocycles. The van der Waals surface area contributed by atoms with Crippen molar-refractivity contribution in [2.75, 3.05) is 18.1 Å². The topological polar surface area (TPSA) is 42.4 Å². The number of rotatable bonds is 6. The Bertz CT molecular complexity index is 805. The molecule has 4 rings (SSSR count). The number of carbonyl (C=O) groups excluding carboxylic acids is 1. The van der Waals surface area contributed by atoms with Crippen molar-refractivity contribution in [2.45, 2.75) is 31.8 Å². The second kappa shape index (κ2) is 7.64. The van der Waals surface area contributed by atoms with Crippen LogP contribution in [0.25, 0.3) is 10.2 Å². The molecule has 25 heavy (non-hydrogen) atoms. The quantitative estimate of drug-likeness (QED) is 0.640. The second-order valence-electron chi connectivity index (χ2n) is 6.24. The van der Waals surface area contributed by atoms with Crippen molar-refractivity contribution in [1.82, 2.24) is 4.98 Å². The average molecular weight is 373 g/mol. The van der Waals surface area contributed by atoms with E-state index in [1.54, 1.807) is 22.7 Å². The molecule has 0 spiro atoms. The zero-order valence-electron chi connectivity index (χ0n) is 13.9. The number of aromatic nitrogens is 1. The number of benzene rings is 1. The molecule has 4 nitrogen and oxygen atoms in total. The number of aryl methyl sites for hydroxylation is 1. The Morgan fingerprint density at radius 1 is 1.32 bits per heavy atom. The Morgan fingerprint density at radius 3 is 3.00 bits per heavy atom. The molecule has 3 heterocycles. The number of anilines is 1. The van der Waals surface area contributed by atoms with E-state index in [0.717, 1.165) is 41.2 Å². The van der Waals surface area contributed by atoms with Crippen molar-refractivity contribution in [1.29, 1.82) is 0 Å². The van der Waals surface area contributed by atoms with Crippen LogP contribution >= 0.6 is 22.7 Å². The summed E-state index contributed by atoms with van der Waals surface area (Å²) < 4.78 is 6.88. The van der Waals surface area contributed by atoms with Crippen LogP contribution < -0.4 is 4.90 Å². The largest absolute Gasteiger partial charge is 0.376 e. The first kappa shape index (κ1) is 16.7. The lowest BCUT2D eigenvalue weighted by molar-refractivity contribution is -0.119. The summed E-state index contributed by atoms with van der Waals surface area (Å²) in [6.07, 6.45) is 3.48. The Kier molecular flexibility index (Phi) is 5.10. The van der Waals surface area contributed by atoms with Gasteiger partial charge in [0.25, 0.3) is 0 Å². The Balaban J connectivity index is 1.55. The number of thiazole rings is 1. The van der Waals surface area contributed by atoms with E-state index in [9.17, 15) is 4.79 Å². The number of thiophene rings is 1. The third-order valence-electron chi connectivity index (χ3n) is 4.43. The fourth-order valence-corrected chi connectivity index (χ4v) is 4.77. The Hall–Kier alpha value is -1.76. The lowest BCUT2D eigenvalue weighted by Gasteiger charge is -2.23. The lowest BCUT2D eigenvalue weighted by Crippen LogP contribution is -2.37. The van der Waals surface area contributed by atoms with Gasteiger partial charge in [-0.25, -0.2) is 4.98 Å². The van der Waals surface area contributed by atoms with Gasteiger partial charge in [0.1, 0.15) is 0 Å². The maximum Gasteiger partial charge on any atom is 0.229 e. The van der Waals surface area contributed by atoms with Crippen LogP contribution in [0.3, 0.4) is 0 Å². The molecule has 1 atom stereocenters. The summed E-state index contributed by atoms with van der Waals surface area (Å²) in [5.41, 5.74) is 2.17. The third-order valence-corrected chi connectivity index (χ3v) is 6.22. The molecule has 0 saturated carbocycles. The van der Waals surface area contributed by atoms with Gasteiger partial charge >= 0.3 is 0 Å². The van der Waals surface area contributed by atoms with Gasteiger partial charge in [-0.05, 0) is 53.8 Å². The van der Waals surface area contributed by atoms with Gasteiger partial charge in [0.2, 0.25) is 5.91 Å². The van der Waals surface area contributed by atoms with Gasteiger partial charge in [0.05, 0.1) is 22.9 Å². The van der Waals surface area contributed by atoms with E-state index in [0.29, 0.717) is 13.0 Å². The molecule has 1 saturated heterocycles. The van der Waals surface area contributed by atoms with Gasteiger partial charge in [-0.15, -0.1) is 0 Å². The maximum absolute atomic E-state index is 12.9. The van der Waals surface area contributed by atoms with E-state index in [1.807, 2.05) is 23.1 Å². The first-order valence-corrected chi connectivity index (χ1v) is 10.3. The SMILES string of the molecule is O=C(CCc1ccsc1)N(CC1CCCO1)c1nc2ccccc2s1. The third kappa shape index (κ3) is 3.92. The van der Waals surface area contributed by atoms with E-state index in [1.165, 1.54) is 5.56 Å². The van der Waals surface area contributed by atoms with Crippen LogP contribution in [0.4, 0.5) is 5.13 Å². The summed E-state index contributed by atoms with van der Waals surface area (Å²) >= 11 is 3.25. The highest BCUT2D eigenvalue weighted by Gasteiger charge is 2.25. The van der Waals surface area contributed by atoms with E-state index < -0.39 is 0 Å². The minimum atomic E-state index is 0.122. The fourth-order valence-electron chi connectivity index (χ4n) is 3.08. The van der Waals surface area contributed by atoms with Crippen LogP contribution in [-0.4, -0.2) is 30.1 Å². The number of amides is 1. The second-order valence-corrected chi connectivity index (χ2v) is 8.02. The van der Waals surface area contributed by atoms with Crippen molar-refractivity contribution < 1.29 is 9.53 Å². The molecule has 2 aromatic heterocycles. The van der Waals surface area contributed by atoms with E-state index in [4.69, 9.17) is 9.72 Å². The predicted octanol–water partition coefficient (Wildman–Crippen LogP) is 4.50. The maximum atomic E-state index is 12.9. The lowest BCUT2D eigenvalue weighted by atomic mass is 10.1. The highest BCUT2D eigenvalue weighted by molar-refractivity contribution is 7.22. The molecule has 0 bridgehead atoms. The average Bonchev–Trinajstić information content (AvgIpc) is 3.38. The molecule has 1 amide bonds. The van der Waals surface area contributed by atoms with Crippen molar-refractivity contribution in [3.63, 3.8) is 0 Å². The van der Waals surface area contributed by atoms with Crippen LogP contribution in [0, 0.1) is 0 Å². The first-order valence-electron chi connectivity index (χ1n) is 8.58. The summed E-state index contributed by atoms with van der Waals surface area (Å²) in [5, 5.41) is 4.94. The van der Waals surface area contributed by atoms with Crippen LogP contribution in [-0.2, 0) is 16.0 Å². The van der Waals surface area contributed by atoms with Crippen molar-refractivity contribution >= 4 is 43.9 Å². The van der Waals surface area contributed by atoms with Gasteiger partial charge in [-0.3, -0.25) is 9.69 Å². The van der Waals surface area contributed by atoms with E-state index >= 15 is 0 Å². The van der Waals surface area contributed by atoms with E-state index in [2.05, 4.69) is 22.9 Å². The molecule has 1 unspecified atom stereocenters. The fraction of sp³-hybridized carbons (Fsp3) is 0.368.